The number of carboxylic acids is 1. The minimum absolute atomic E-state index is 0. The third-order valence-corrected chi connectivity index (χ3v) is 0.720. The summed E-state index contributed by atoms with van der Waals surface area (Å²) in [5, 5.41) is 8.01. The van der Waals surface area contributed by atoms with Gasteiger partial charge in [-0.2, -0.15) is 9.72 Å². The van der Waals surface area contributed by atoms with E-state index in [4.69, 9.17) is 5.11 Å². The number of hydrogen-bond acceptors (Lipinski definition) is 5. The van der Waals surface area contributed by atoms with E-state index in [0.717, 1.165) is 0 Å². The Hall–Kier alpha value is -0.878. The van der Waals surface area contributed by atoms with E-state index in [9.17, 15) is 18.6 Å². The predicted molar refractivity (Wildman–Crippen MR) is 34.1 cm³/mol. The van der Waals surface area contributed by atoms with Crippen molar-refractivity contribution < 1.29 is 58.4 Å². The summed E-state index contributed by atoms with van der Waals surface area (Å²) in [6, 6.07) is 0. The molecule has 6 nitrogen and oxygen atoms in total. The van der Waals surface area contributed by atoms with E-state index in [0.29, 0.717) is 12.2 Å². The molecule has 0 rings (SSSR count). The number of aliphatic carboxylic acids is 1. The standard InChI is InChI=1S/C4H3BF2O6.Li.H/c6-12-5(13-7)11-4(10)2-1-3(8)9;;/h1-2H,(H,8,9);;/q;+1;-1/b2-1-;;. The van der Waals surface area contributed by atoms with Crippen molar-refractivity contribution in [3.05, 3.63) is 12.2 Å². The van der Waals surface area contributed by atoms with Gasteiger partial charge in [-0.05, 0) is 0 Å². The van der Waals surface area contributed by atoms with Crippen LogP contribution in [0, 0.1) is 0 Å². The van der Waals surface area contributed by atoms with E-state index < -0.39 is 19.3 Å². The maximum atomic E-state index is 11.1. The van der Waals surface area contributed by atoms with Gasteiger partial charge in [-0.25, -0.2) is 9.59 Å². The quantitative estimate of drug-likeness (QED) is 0.381. The maximum Gasteiger partial charge on any atom is 1.00 e. The van der Waals surface area contributed by atoms with Gasteiger partial charge in [0.15, 0.2) is 0 Å². The van der Waals surface area contributed by atoms with Crippen LogP contribution < -0.4 is 18.9 Å². The van der Waals surface area contributed by atoms with Crippen molar-refractivity contribution in [3.8, 4) is 0 Å². The summed E-state index contributed by atoms with van der Waals surface area (Å²) in [6.45, 7) is 0. The van der Waals surface area contributed by atoms with Gasteiger partial charge in [0.2, 0.25) is 0 Å². The molecular formula is C4H4BF2LiO6. The second kappa shape index (κ2) is 8.71. The van der Waals surface area contributed by atoms with Gasteiger partial charge in [0.25, 0.3) is 0 Å². The first-order chi connectivity index (χ1) is 6.10. The molecule has 0 aliphatic rings. The molecule has 0 saturated carbocycles. The van der Waals surface area contributed by atoms with Crippen LogP contribution >= 0.6 is 0 Å². The summed E-state index contributed by atoms with van der Waals surface area (Å²) in [4.78, 5) is 25.5. The molecule has 1 N–H and O–H groups in total. The average Bonchev–Trinajstić information content (AvgIpc) is 2.10. The smallest absolute Gasteiger partial charge is 1.00 e. The van der Waals surface area contributed by atoms with Crippen molar-refractivity contribution in [2.24, 2.45) is 0 Å². The van der Waals surface area contributed by atoms with Gasteiger partial charge >= 0.3 is 38.1 Å². The zero-order chi connectivity index (χ0) is 10.3. The molecule has 0 heterocycles. The van der Waals surface area contributed by atoms with Crippen LogP contribution in [-0.2, 0) is 24.0 Å². The van der Waals surface area contributed by atoms with E-state index in [2.05, 4.69) is 14.4 Å². The largest absolute Gasteiger partial charge is 1.00 e. The van der Waals surface area contributed by atoms with Crippen LogP contribution in [0.5, 0.6) is 0 Å². The fraction of sp³-hybridized carbons (Fsp3) is 0. The molecule has 0 aromatic rings. The van der Waals surface area contributed by atoms with Gasteiger partial charge in [0.1, 0.15) is 0 Å². The molecule has 0 spiro atoms. The molecule has 0 atom stereocenters. The molecule has 0 bridgehead atoms. The molecule has 0 radical (unpaired) electrons. The predicted octanol–water partition coefficient (Wildman–Crippen LogP) is -2.93. The average molecular weight is 204 g/mol. The minimum atomic E-state index is -2.45. The number of carbonyl (C=O) groups is 2. The molecule has 0 fully saturated rings. The van der Waals surface area contributed by atoms with Crippen molar-refractivity contribution >= 4 is 19.3 Å². The van der Waals surface area contributed by atoms with Gasteiger partial charge in [-0.15, -0.1) is 0 Å². The van der Waals surface area contributed by atoms with Crippen LogP contribution in [0.4, 0.5) is 9.05 Å². The Bertz CT molecular complexity index is 225. The second-order valence-electron chi connectivity index (χ2n) is 1.58. The zero-order valence-corrected chi connectivity index (χ0v) is 6.98. The summed E-state index contributed by atoms with van der Waals surface area (Å²) >= 11 is 0. The molecule has 0 unspecified atom stereocenters. The molecule has 0 aromatic heterocycles. The van der Waals surface area contributed by atoms with Crippen molar-refractivity contribution in [3.63, 3.8) is 0 Å². The monoisotopic (exact) mass is 204 g/mol. The Morgan fingerprint density at radius 1 is 1.29 bits per heavy atom. The molecule has 0 aromatic carbocycles. The van der Waals surface area contributed by atoms with Crippen LogP contribution in [0.15, 0.2) is 12.2 Å². The molecule has 14 heavy (non-hydrogen) atoms. The normalized spacial score (nSPS) is 9.29. The van der Waals surface area contributed by atoms with Crippen molar-refractivity contribution in [1.82, 2.24) is 0 Å². The number of carboxylic acid groups (broad SMARTS) is 1. The number of hydrogen-bond donors (Lipinski definition) is 1. The Morgan fingerprint density at radius 3 is 2.14 bits per heavy atom. The summed E-state index contributed by atoms with van der Waals surface area (Å²) in [7, 11) is -2.45. The van der Waals surface area contributed by atoms with E-state index in [1.807, 2.05) is 0 Å². The van der Waals surface area contributed by atoms with E-state index in [-0.39, 0.29) is 20.3 Å². The Balaban J connectivity index is -0.000000720. The summed E-state index contributed by atoms with van der Waals surface area (Å²) < 4.78 is 26.0. The fourth-order valence-corrected chi connectivity index (χ4v) is 0.324. The fourth-order valence-electron chi connectivity index (χ4n) is 0.324. The van der Waals surface area contributed by atoms with Crippen LogP contribution in [0.2, 0.25) is 0 Å². The summed E-state index contributed by atoms with van der Waals surface area (Å²) in [5.74, 6) is -2.75. The number of halogens is 2. The molecule has 0 aliphatic heterocycles. The van der Waals surface area contributed by atoms with Crippen molar-refractivity contribution in [2.45, 2.75) is 0 Å². The first-order valence-corrected chi connectivity index (χ1v) is 2.76. The second-order valence-corrected chi connectivity index (χ2v) is 1.58. The van der Waals surface area contributed by atoms with E-state index in [1.54, 1.807) is 0 Å². The molecular weight excluding hydrogens is 200 g/mol. The Kier molecular flexibility index (Phi) is 9.70. The van der Waals surface area contributed by atoms with Gasteiger partial charge in [-0.3, -0.25) is 0 Å². The molecule has 74 valence electrons. The van der Waals surface area contributed by atoms with E-state index >= 15 is 0 Å². The first kappa shape index (κ1) is 15.6. The number of rotatable bonds is 5. The molecule has 0 amide bonds. The first-order valence-electron chi connectivity index (χ1n) is 2.76. The Labute approximate surface area is 90.4 Å². The van der Waals surface area contributed by atoms with Crippen molar-refractivity contribution in [2.75, 3.05) is 0 Å². The van der Waals surface area contributed by atoms with E-state index in [1.165, 1.54) is 0 Å². The topological polar surface area (TPSA) is 82.1 Å². The van der Waals surface area contributed by atoms with Crippen LogP contribution in [0.3, 0.4) is 0 Å². The van der Waals surface area contributed by atoms with Gasteiger partial charge in [-0.1, -0.05) is 9.05 Å². The maximum absolute atomic E-state index is 11.1. The van der Waals surface area contributed by atoms with Crippen LogP contribution in [0.1, 0.15) is 1.43 Å². The molecule has 10 heteroatoms. The Morgan fingerprint density at radius 2 is 1.79 bits per heavy atom. The van der Waals surface area contributed by atoms with Gasteiger partial charge in [0.05, 0.1) is 0 Å². The third kappa shape index (κ3) is 7.76. The minimum Gasteiger partial charge on any atom is -1.00 e. The van der Waals surface area contributed by atoms with Crippen LogP contribution in [0.25, 0.3) is 0 Å². The molecule has 0 aliphatic carbocycles. The van der Waals surface area contributed by atoms with Gasteiger partial charge in [0, 0.05) is 12.2 Å². The summed E-state index contributed by atoms with van der Waals surface area (Å²) in [5.41, 5.74) is 0. The molecule has 0 saturated heterocycles. The van der Waals surface area contributed by atoms with Gasteiger partial charge < -0.3 is 11.2 Å². The summed E-state index contributed by atoms with van der Waals surface area (Å²) in [6.07, 6.45) is 0.837. The van der Waals surface area contributed by atoms with Crippen molar-refractivity contribution in [1.29, 1.82) is 0 Å². The van der Waals surface area contributed by atoms with Crippen LogP contribution in [-0.4, -0.2) is 24.4 Å². The number of carbonyl (C=O) groups excluding carboxylic acids is 1. The zero-order valence-electron chi connectivity index (χ0n) is 7.98. The SMILES string of the molecule is O=C(O)/C=C\C(=O)OB(OF)OF.[H-].[Li+]. The third-order valence-electron chi connectivity index (χ3n) is 0.720.